The molecule has 1 fully saturated rings. The average Bonchev–Trinajstić information content (AvgIpc) is 2.83. The van der Waals surface area contributed by atoms with Gasteiger partial charge in [0.2, 0.25) is 0 Å². The molecule has 0 radical (unpaired) electrons. The normalized spacial score (nSPS) is 17.5. The van der Waals surface area contributed by atoms with Crippen molar-refractivity contribution < 1.29 is 14.3 Å². The van der Waals surface area contributed by atoms with Gasteiger partial charge in [0.25, 0.3) is 5.91 Å². The summed E-state index contributed by atoms with van der Waals surface area (Å²) in [7, 11) is 1.55. The van der Waals surface area contributed by atoms with Gasteiger partial charge in [-0.05, 0) is 42.0 Å². The third-order valence-electron chi connectivity index (χ3n) is 3.47. The number of nitrogens with zero attached hydrogens (tertiary/aromatic N) is 1. The number of imide groups is 1. The van der Waals surface area contributed by atoms with Gasteiger partial charge >= 0.3 is 6.03 Å². The maximum Gasteiger partial charge on any atom is 0.329 e. The van der Waals surface area contributed by atoms with Crippen LogP contribution in [0.2, 0.25) is 5.02 Å². The molecule has 1 unspecified atom stereocenters. The molecule has 0 aromatic heterocycles. The Morgan fingerprint density at radius 3 is 2.27 bits per heavy atom. The molecular formula is C16H13ClN2O3. The Morgan fingerprint density at radius 2 is 1.68 bits per heavy atom. The number of amides is 3. The fourth-order valence-electron chi connectivity index (χ4n) is 2.34. The lowest BCUT2D eigenvalue weighted by molar-refractivity contribution is -0.118. The molecule has 1 saturated heterocycles. The minimum Gasteiger partial charge on any atom is -0.497 e. The smallest absolute Gasteiger partial charge is 0.329 e. The van der Waals surface area contributed by atoms with Gasteiger partial charge in [0.15, 0.2) is 0 Å². The first-order valence-electron chi connectivity index (χ1n) is 6.64. The van der Waals surface area contributed by atoms with Crippen LogP contribution in [0.1, 0.15) is 11.6 Å². The fourth-order valence-corrected chi connectivity index (χ4v) is 2.46. The van der Waals surface area contributed by atoms with E-state index < -0.39 is 12.1 Å². The molecule has 1 heterocycles. The van der Waals surface area contributed by atoms with Crippen molar-refractivity contribution in [1.82, 2.24) is 5.32 Å². The van der Waals surface area contributed by atoms with Crippen LogP contribution >= 0.6 is 11.6 Å². The third-order valence-corrected chi connectivity index (χ3v) is 3.72. The summed E-state index contributed by atoms with van der Waals surface area (Å²) in [5.74, 6) is 0.336. The van der Waals surface area contributed by atoms with Crippen molar-refractivity contribution in [2.45, 2.75) is 6.04 Å². The first kappa shape index (κ1) is 14.4. The molecule has 112 valence electrons. The Kier molecular flexibility index (Phi) is 3.73. The van der Waals surface area contributed by atoms with E-state index >= 15 is 0 Å². The van der Waals surface area contributed by atoms with Crippen molar-refractivity contribution >= 4 is 29.2 Å². The highest BCUT2D eigenvalue weighted by Crippen LogP contribution is 2.28. The molecule has 5 nitrogen and oxygen atoms in total. The molecular weight excluding hydrogens is 304 g/mol. The Bertz CT molecular complexity index is 713. The van der Waals surface area contributed by atoms with Crippen molar-refractivity contribution in [1.29, 1.82) is 0 Å². The van der Waals surface area contributed by atoms with Gasteiger partial charge in [-0.1, -0.05) is 23.7 Å². The van der Waals surface area contributed by atoms with E-state index in [0.29, 0.717) is 22.0 Å². The molecule has 1 atom stereocenters. The Labute approximate surface area is 132 Å². The quantitative estimate of drug-likeness (QED) is 0.885. The number of hydrogen-bond donors (Lipinski definition) is 1. The maximum absolute atomic E-state index is 12.5. The lowest BCUT2D eigenvalue weighted by atomic mass is 10.1. The van der Waals surface area contributed by atoms with Gasteiger partial charge in [-0.3, -0.25) is 4.79 Å². The topological polar surface area (TPSA) is 58.6 Å². The van der Waals surface area contributed by atoms with Gasteiger partial charge < -0.3 is 10.1 Å². The number of anilines is 1. The Balaban J connectivity index is 1.89. The Hall–Kier alpha value is -2.53. The molecule has 0 spiro atoms. The average molecular weight is 317 g/mol. The zero-order valence-corrected chi connectivity index (χ0v) is 12.5. The van der Waals surface area contributed by atoms with Crippen LogP contribution in [0.5, 0.6) is 5.75 Å². The van der Waals surface area contributed by atoms with Crippen molar-refractivity contribution in [2.24, 2.45) is 0 Å². The molecule has 1 aliphatic heterocycles. The van der Waals surface area contributed by atoms with E-state index in [1.807, 2.05) is 0 Å². The number of halogens is 1. The van der Waals surface area contributed by atoms with Crippen molar-refractivity contribution in [3.05, 3.63) is 59.1 Å². The molecule has 2 aromatic rings. The summed E-state index contributed by atoms with van der Waals surface area (Å²) in [6.45, 7) is 0. The number of hydrogen-bond acceptors (Lipinski definition) is 3. The van der Waals surface area contributed by atoms with Gasteiger partial charge in [-0.15, -0.1) is 0 Å². The van der Waals surface area contributed by atoms with Crippen LogP contribution < -0.4 is 15.0 Å². The highest BCUT2D eigenvalue weighted by Gasteiger charge is 2.39. The van der Waals surface area contributed by atoms with E-state index in [4.69, 9.17) is 16.3 Å². The highest BCUT2D eigenvalue weighted by molar-refractivity contribution is 6.30. The van der Waals surface area contributed by atoms with E-state index in [2.05, 4.69) is 5.32 Å². The van der Waals surface area contributed by atoms with Crippen LogP contribution in [0, 0.1) is 0 Å². The monoisotopic (exact) mass is 316 g/mol. The van der Waals surface area contributed by atoms with E-state index in [1.54, 1.807) is 55.6 Å². The summed E-state index contributed by atoms with van der Waals surface area (Å²) >= 11 is 5.84. The molecule has 22 heavy (non-hydrogen) atoms. The molecule has 1 aliphatic rings. The summed E-state index contributed by atoms with van der Waals surface area (Å²) in [6.07, 6.45) is 0. The molecule has 2 aromatic carbocycles. The minimum atomic E-state index is -0.702. The number of carbonyl (C=O) groups excluding carboxylic acids is 2. The SMILES string of the molecule is COc1ccc(N2C(=O)NC(c3ccc(Cl)cc3)C2=O)cc1. The third kappa shape index (κ3) is 2.51. The molecule has 0 aliphatic carbocycles. The van der Waals surface area contributed by atoms with Gasteiger partial charge in [-0.2, -0.15) is 0 Å². The van der Waals surface area contributed by atoms with Crippen LogP contribution in [-0.4, -0.2) is 19.0 Å². The highest BCUT2D eigenvalue weighted by atomic mass is 35.5. The minimum absolute atomic E-state index is 0.322. The van der Waals surface area contributed by atoms with E-state index in [9.17, 15) is 9.59 Å². The lowest BCUT2D eigenvalue weighted by Gasteiger charge is -2.13. The van der Waals surface area contributed by atoms with Crippen LogP contribution in [0.4, 0.5) is 10.5 Å². The molecule has 3 amide bonds. The van der Waals surface area contributed by atoms with Crippen molar-refractivity contribution in [3.8, 4) is 5.75 Å². The van der Waals surface area contributed by atoms with Crippen LogP contribution in [0.3, 0.4) is 0 Å². The van der Waals surface area contributed by atoms with Crippen LogP contribution in [0.25, 0.3) is 0 Å². The standard InChI is InChI=1S/C16H13ClN2O3/c1-22-13-8-6-12(7-9-13)19-15(20)14(18-16(19)21)10-2-4-11(17)5-3-10/h2-9,14H,1H3,(H,18,21). The number of urea groups is 1. The predicted octanol–water partition coefficient (Wildman–Crippen LogP) is 3.15. The second-order valence-electron chi connectivity index (χ2n) is 4.81. The maximum atomic E-state index is 12.5. The summed E-state index contributed by atoms with van der Waals surface area (Å²) in [5.41, 5.74) is 1.19. The van der Waals surface area contributed by atoms with Gasteiger partial charge in [0, 0.05) is 5.02 Å². The summed E-state index contributed by atoms with van der Waals surface area (Å²) in [4.78, 5) is 25.8. The van der Waals surface area contributed by atoms with Gasteiger partial charge in [0.05, 0.1) is 12.8 Å². The number of methoxy groups -OCH3 is 1. The fraction of sp³-hybridized carbons (Fsp3) is 0.125. The summed E-state index contributed by atoms with van der Waals surface area (Å²) in [5, 5.41) is 3.26. The number of carbonyl (C=O) groups is 2. The van der Waals surface area contributed by atoms with Crippen LogP contribution in [0.15, 0.2) is 48.5 Å². The van der Waals surface area contributed by atoms with Gasteiger partial charge in [0.1, 0.15) is 11.8 Å². The number of benzene rings is 2. The van der Waals surface area contributed by atoms with E-state index in [0.717, 1.165) is 4.90 Å². The Morgan fingerprint density at radius 1 is 1.05 bits per heavy atom. The van der Waals surface area contributed by atoms with Crippen molar-refractivity contribution in [3.63, 3.8) is 0 Å². The van der Waals surface area contributed by atoms with E-state index in [-0.39, 0.29) is 5.91 Å². The number of rotatable bonds is 3. The van der Waals surface area contributed by atoms with Crippen LogP contribution in [-0.2, 0) is 4.79 Å². The zero-order chi connectivity index (χ0) is 15.7. The molecule has 0 saturated carbocycles. The zero-order valence-electron chi connectivity index (χ0n) is 11.7. The second kappa shape index (κ2) is 5.69. The number of ether oxygens (including phenoxy) is 1. The van der Waals surface area contributed by atoms with Crippen molar-refractivity contribution in [2.75, 3.05) is 12.0 Å². The molecule has 0 bridgehead atoms. The first-order valence-corrected chi connectivity index (χ1v) is 7.02. The molecule has 6 heteroatoms. The summed E-state index contributed by atoms with van der Waals surface area (Å²) in [6, 6.07) is 12.4. The number of nitrogens with one attached hydrogen (secondary N) is 1. The second-order valence-corrected chi connectivity index (χ2v) is 5.24. The van der Waals surface area contributed by atoms with E-state index in [1.165, 1.54) is 0 Å². The largest absolute Gasteiger partial charge is 0.497 e. The molecule has 3 rings (SSSR count). The predicted molar refractivity (Wildman–Crippen MR) is 83.2 cm³/mol. The molecule has 1 N–H and O–H groups in total. The first-order chi connectivity index (χ1) is 10.6. The lowest BCUT2D eigenvalue weighted by Crippen LogP contribution is -2.30. The summed E-state index contributed by atoms with van der Waals surface area (Å²) < 4.78 is 5.07. The van der Waals surface area contributed by atoms with Gasteiger partial charge in [-0.25, -0.2) is 9.69 Å².